The molecule has 28 heavy (non-hydrogen) atoms. The van der Waals surface area contributed by atoms with Gasteiger partial charge in [-0.15, -0.1) is 0 Å². The van der Waals surface area contributed by atoms with E-state index in [9.17, 15) is 4.79 Å². The van der Waals surface area contributed by atoms with Gasteiger partial charge in [-0.25, -0.2) is 4.79 Å². The fraction of sp³-hybridized carbons (Fsp3) is 0.261. The van der Waals surface area contributed by atoms with Crippen LogP contribution < -0.4 is 10.2 Å². The average Bonchev–Trinajstić information content (AvgIpc) is 2.77. The predicted molar refractivity (Wildman–Crippen MR) is 112 cm³/mol. The molecule has 0 atom stereocenters. The first-order valence-corrected chi connectivity index (χ1v) is 9.52. The van der Waals surface area contributed by atoms with Crippen LogP contribution in [0.2, 0.25) is 0 Å². The second kappa shape index (κ2) is 8.31. The standard InChI is InChI=1S/C23H24N2O3/c1-27-23(26)21-15-19(9-10-22(21)25-11-13-28-14-12-25)24-16-18-7-4-6-17-5-2-3-8-20(17)18/h2-10,15,24H,11-14,16H2,1H3. The van der Waals surface area contributed by atoms with Crippen molar-refractivity contribution in [3.63, 3.8) is 0 Å². The van der Waals surface area contributed by atoms with Gasteiger partial charge >= 0.3 is 5.97 Å². The van der Waals surface area contributed by atoms with Gasteiger partial charge in [-0.3, -0.25) is 0 Å². The molecule has 0 unspecified atom stereocenters. The average molecular weight is 376 g/mol. The van der Waals surface area contributed by atoms with E-state index in [1.165, 1.54) is 23.4 Å². The van der Waals surface area contributed by atoms with Gasteiger partial charge in [-0.2, -0.15) is 0 Å². The van der Waals surface area contributed by atoms with Crippen LogP contribution in [0.15, 0.2) is 60.7 Å². The zero-order valence-electron chi connectivity index (χ0n) is 16.0. The molecule has 5 heteroatoms. The summed E-state index contributed by atoms with van der Waals surface area (Å²) in [6, 6.07) is 20.5. The van der Waals surface area contributed by atoms with E-state index in [1.807, 2.05) is 24.3 Å². The molecular formula is C23H24N2O3. The number of benzene rings is 3. The smallest absolute Gasteiger partial charge is 0.340 e. The third-order valence-corrected chi connectivity index (χ3v) is 5.12. The zero-order chi connectivity index (χ0) is 19.3. The van der Waals surface area contributed by atoms with Crippen LogP contribution in [0.5, 0.6) is 0 Å². The van der Waals surface area contributed by atoms with Crippen molar-refractivity contribution in [1.29, 1.82) is 0 Å². The van der Waals surface area contributed by atoms with Gasteiger partial charge in [-0.05, 0) is 34.5 Å². The lowest BCUT2D eigenvalue weighted by molar-refractivity contribution is 0.0600. The molecule has 3 aromatic rings. The molecule has 0 aliphatic carbocycles. The molecule has 0 radical (unpaired) electrons. The Kier molecular flexibility index (Phi) is 5.44. The minimum Gasteiger partial charge on any atom is -0.465 e. The molecule has 0 saturated carbocycles. The number of rotatable bonds is 5. The number of methoxy groups -OCH3 is 1. The molecule has 1 heterocycles. The van der Waals surface area contributed by atoms with Gasteiger partial charge in [0, 0.05) is 25.3 Å². The number of morpholine rings is 1. The lowest BCUT2D eigenvalue weighted by Gasteiger charge is -2.30. The number of anilines is 2. The molecule has 5 nitrogen and oxygen atoms in total. The van der Waals surface area contributed by atoms with Crippen LogP contribution >= 0.6 is 0 Å². The van der Waals surface area contributed by atoms with Crippen LogP contribution in [-0.4, -0.2) is 39.4 Å². The quantitative estimate of drug-likeness (QED) is 0.680. The van der Waals surface area contributed by atoms with Crippen molar-refractivity contribution in [2.75, 3.05) is 43.6 Å². The van der Waals surface area contributed by atoms with Crippen LogP contribution in [0.1, 0.15) is 15.9 Å². The normalized spacial score (nSPS) is 14.1. The number of hydrogen-bond acceptors (Lipinski definition) is 5. The van der Waals surface area contributed by atoms with Gasteiger partial charge in [0.1, 0.15) is 0 Å². The Morgan fingerprint density at radius 3 is 2.68 bits per heavy atom. The Morgan fingerprint density at radius 1 is 1.07 bits per heavy atom. The van der Waals surface area contributed by atoms with Gasteiger partial charge in [0.15, 0.2) is 0 Å². The number of nitrogens with zero attached hydrogens (tertiary/aromatic N) is 1. The fourth-order valence-corrected chi connectivity index (χ4v) is 3.64. The Morgan fingerprint density at radius 2 is 1.86 bits per heavy atom. The fourth-order valence-electron chi connectivity index (χ4n) is 3.64. The number of nitrogens with one attached hydrogen (secondary N) is 1. The largest absolute Gasteiger partial charge is 0.465 e. The Labute approximate surface area is 164 Å². The summed E-state index contributed by atoms with van der Waals surface area (Å²) in [7, 11) is 1.42. The second-order valence-electron chi connectivity index (χ2n) is 6.81. The maximum absolute atomic E-state index is 12.4. The van der Waals surface area contributed by atoms with Crippen LogP contribution in [0.4, 0.5) is 11.4 Å². The molecule has 0 spiro atoms. The number of esters is 1. The molecule has 1 aliphatic rings. The van der Waals surface area contributed by atoms with Crippen LogP contribution in [-0.2, 0) is 16.0 Å². The lowest BCUT2D eigenvalue weighted by atomic mass is 10.0. The molecule has 1 fully saturated rings. The summed E-state index contributed by atoms with van der Waals surface area (Å²) >= 11 is 0. The van der Waals surface area contributed by atoms with Gasteiger partial charge in [0.2, 0.25) is 0 Å². The highest BCUT2D eigenvalue weighted by molar-refractivity contribution is 5.97. The van der Waals surface area contributed by atoms with Crippen LogP contribution in [0, 0.1) is 0 Å². The highest BCUT2D eigenvalue weighted by atomic mass is 16.5. The lowest BCUT2D eigenvalue weighted by Crippen LogP contribution is -2.37. The topological polar surface area (TPSA) is 50.8 Å². The minimum atomic E-state index is -0.324. The van der Waals surface area contributed by atoms with Crippen molar-refractivity contribution < 1.29 is 14.3 Å². The second-order valence-corrected chi connectivity index (χ2v) is 6.81. The molecular weight excluding hydrogens is 352 g/mol. The van der Waals surface area contributed by atoms with Gasteiger partial charge in [-0.1, -0.05) is 42.5 Å². The SMILES string of the molecule is COC(=O)c1cc(NCc2cccc3ccccc23)ccc1N1CCOCC1. The summed E-state index contributed by atoms with van der Waals surface area (Å²) in [5.41, 5.74) is 3.58. The summed E-state index contributed by atoms with van der Waals surface area (Å²) in [6.45, 7) is 3.56. The number of hydrogen-bond donors (Lipinski definition) is 1. The molecule has 1 saturated heterocycles. The summed E-state index contributed by atoms with van der Waals surface area (Å²) < 4.78 is 10.4. The Bertz CT molecular complexity index is 975. The monoisotopic (exact) mass is 376 g/mol. The molecule has 1 N–H and O–H groups in total. The minimum absolute atomic E-state index is 0.324. The van der Waals surface area contributed by atoms with Crippen molar-refractivity contribution in [3.8, 4) is 0 Å². The third kappa shape index (κ3) is 3.80. The molecule has 0 bridgehead atoms. The number of ether oxygens (including phenoxy) is 2. The van der Waals surface area contributed by atoms with E-state index >= 15 is 0 Å². The van der Waals surface area contributed by atoms with E-state index in [0.29, 0.717) is 25.3 Å². The van der Waals surface area contributed by atoms with Gasteiger partial charge in [0.25, 0.3) is 0 Å². The molecule has 0 amide bonds. The van der Waals surface area contributed by atoms with Gasteiger partial charge < -0.3 is 19.7 Å². The highest BCUT2D eigenvalue weighted by Gasteiger charge is 2.20. The van der Waals surface area contributed by atoms with E-state index in [-0.39, 0.29) is 5.97 Å². The van der Waals surface area contributed by atoms with E-state index < -0.39 is 0 Å². The van der Waals surface area contributed by atoms with Crippen molar-refractivity contribution in [1.82, 2.24) is 0 Å². The maximum Gasteiger partial charge on any atom is 0.340 e. The summed E-state index contributed by atoms with van der Waals surface area (Å²) in [5, 5.41) is 5.91. The summed E-state index contributed by atoms with van der Waals surface area (Å²) in [6.07, 6.45) is 0. The third-order valence-electron chi connectivity index (χ3n) is 5.12. The van der Waals surface area contributed by atoms with E-state index in [2.05, 4.69) is 46.6 Å². The maximum atomic E-state index is 12.4. The zero-order valence-corrected chi connectivity index (χ0v) is 16.0. The highest BCUT2D eigenvalue weighted by Crippen LogP contribution is 2.27. The van der Waals surface area contributed by atoms with Crippen molar-refractivity contribution >= 4 is 28.1 Å². The van der Waals surface area contributed by atoms with Crippen LogP contribution in [0.25, 0.3) is 10.8 Å². The first-order valence-electron chi connectivity index (χ1n) is 9.52. The number of carbonyl (C=O) groups is 1. The first-order chi connectivity index (χ1) is 13.8. The van der Waals surface area contributed by atoms with E-state index in [1.54, 1.807) is 0 Å². The van der Waals surface area contributed by atoms with Gasteiger partial charge in [0.05, 0.1) is 31.6 Å². The number of fused-ring (bicyclic) bond motifs is 1. The first kappa shape index (κ1) is 18.3. The summed E-state index contributed by atoms with van der Waals surface area (Å²) in [5.74, 6) is -0.324. The molecule has 1 aliphatic heterocycles. The Balaban J connectivity index is 1.58. The van der Waals surface area contributed by atoms with Crippen LogP contribution in [0.3, 0.4) is 0 Å². The number of carbonyl (C=O) groups excluding carboxylic acids is 1. The molecule has 0 aromatic heterocycles. The van der Waals surface area contributed by atoms with E-state index in [0.717, 1.165) is 24.5 Å². The molecule has 4 rings (SSSR count). The van der Waals surface area contributed by atoms with E-state index in [4.69, 9.17) is 9.47 Å². The predicted octanol–water partition coefficient (Wildman–Crippen LogP) is 4.08. The van der Waals surface area contributed by atoms with Crippen molar-refractivity contribution in [3.05, 3.63) is 71.8 Å². The molecule has 3 aromatic carbocycles. The van der Waals surface area contributed by atoms with Crippen molar-refractivity contribution in [2.45, 2.75) is 6.54 Å². The Hall–Kier alpha value is -3.05. The van der Waals surface area contributed by atoms with Crippen molar-refractivity contribution in [2.24, 2.45) is 0 Å². The summed E-state index contributed by atoms with van der Waals surface area (Å²) in [4.78, 5) is 14.5. The molecule has 144 valence electrons.